The van der Waals surface area contributed by atoms with Gasteiger partial charge in [-0.2, -0.15) is 0 Å². The van der Waals surface area contributed by atoms with Crippen LogP contribution in [0.1, 0.15) is 24.2 Å². The Hall–Kier alpha value is -0.745. The molecule has 0 fully saturated rings. The first-order chi connectivity index (χ1) is 8.20. The van der Waals surface area contributed by atoms with Crippen molar-refractivity contribution in [2.24, 2.45) is 5.73 Å². The molecule has 3 rings (SSSR count). The highest BCUT2D eigenvalue weighted by molar-refractivity contribution is 6.64. The average molecular weight is 270 g/mol. The second-order valence-corrected chi connectivity index (χ2v) is 4.66. The van der Waals surface area contributed by atoms with Crippen molar-refractivity contribution in [2.45, 2.75) is 26.1 Å². The van der Waals surface area contributed by atoms with Gasteiger partial charge in [0.15, 0.2) is 0 Å². The normalized spacial score (nSPS) is 24.9. The van der Waals surface area contributed by atoms with Crippen LogP contribution >= 0.6 is 12.4 Å². The van der Waals surface area contributed by atoms with E-state index in [0.29, 0.717) is 13.2 Å². The van der Waals surface area contributed by atoms with Crippen LogP contribution < -0.4 is 15.9 Å². The molecule has 1 aromatic rings. The summed E-state index contributed by atoms with van der Waals surface area (Å²) in [4.78, 5) is 0. The summed E-state index contributed by atoms with van der Waals surface area (Å²) in [6.45, 7) is 5.07. The molecule has 4 nitrogen and oxygen atoms in total. The second-order valence-electron chi connectivity index (χ2n) is 4.66. The molecule has 18 heavy (non-hydrogen) atoms. The molecule has 2 aliphatic rings. The molecule has 1 aromatic carbocycles. The molecular formula is C12H17BClNO3. The van der Waals surface area contributed by atoms with Gasteiger partial charge >= 0.3 is 7.12 Å². The summed E-state index contributed by atoms with van der Waals surface area (Å²) >= 11 is 0. The average Bonchev–Trinajstić information content (AvgIpc) is 2.60. The second kappa shape index (κ2) is 5.09. The Labute approximate surface area is 113 Å². The highest BCUT2D eigenvalue weighted by Crippen LogP contribution is 2.32. The summed E-state index contributed by atoms with van der Waals surface area (Å²) in [5.41, 5.74) is 9.12. The predicted molar refractivity (Wildman–Crippen MR) is 72.7 cm³/mol. The maximum absolute atomic E-state index is 5.87. The lowest BCUT2D eigenvalue weighted by Crippen LogP contribution is -2.34. The number of halogens is 1. The van der Waals surface area contributed by atoms with E-state index in [1.807, 2.05) is 13.0 Å². The molecule has 0 bridgehead atoms. The molecule has 0 radical (unpaired) electrons. The lowest BCUT2D eigenvalue weighted by molar-refractivity contribution is 0.101. The van der Waals surface area contributed by atoms with Crippen LogP contribution in [0.3, 0.4) is 0 Å². The van der Waals surface area contributed by atoms with Crippen LogP contribution in [0.15, 0.2) is 12.1 Å². The molecule has 0 saturated heterocycles. The molecule has 6 heteroatoms. The summed E-state index contributed by atoms with van der Waals surface area (Å²) in [6.07, 6.45) is -0.0547. The van der Waals surface area contributed by atoms with Crippen molar-refractivity contribution in [1.82, 2.24) is 0 Å². The third kappa shape index (κ3) is 2.01. The first kappa shape index (κ1) is 13.7. The van der Waals surface area contributed by atoms with Gasteiger partial charge in [-0.05, 0) is 31.0 Å². The molecule has 2 unspecified atom stereocenters. The molecule has 0 aromatic heterocycles. The Morgan fingerprint density at radius 3 is 2.89 bits per heavy atom. The highest BCUT2D eigenvalue weighted by Gasteiger charge is 2.43. The van der Waals surface area contributed by atoms with Crippen molar-refractivity contribution in [1.29, 1.82) is 0 Å². The van der Waals surface area contributed by atoms with Crippen LogP contribution in [0.2, 0.25) is 0 Å². The van der Waals surface area contributed by atoms with E-state index >= 15 is 0 Å². The van der Waals surface area contributed by atoms with Gasteiger partial charge in [-0.15, -0.1) is 12.4 Å². The van der Waals surface area contributed by atoms with Crippen molar-refractivity contribution in [3.8, 4) is 5.75 Å². The third-order valence-electron chi connectivity index (χ3n) is 3.35. The van der Waals surface area contributed by atoms with Gasteiger partial charge in [0.05, 0.1) is 12.2 Å². The van der Waals surface area contributed by atoms with Gasteiger partial charge in [0.2, 0.25) is 0 Å². The number of hydrogen-bond acceptors (Lipinski definition) is 4. The SMILES string of the molecule is Cc1ccc2c3c1C(CN)OB3OC(C)CO2.Cl. The lowest BCUT2D eigenvalue weighted by atomic mass is 9.76. The number of rotatable bonds is 1. The van der Waals surface area contributed by atoms with E-state index in [1.54, 1.807) is 0 Å². The van der Waals surface area contributed by atoms with Crippen molar-refractivity contribution in [3.05, 3.63) is 23.3 Å². The van der Waals surface area contributed by atoms with Gasteiger partial charge in [0.1, 0.15) is 12.4 Å². The summed E-state index contributed by atoms with van der Waals surface area (Å²) in [5, 5.41) is 0. The smallest absolute Gasteiger partial charge is 0.491 e. The van der Waals surface area contributed by atoms with Crippen LogP contribution in [0.25, 0.3) is 0 Å². The zero-order valence-corrected chi connectivity index (χ0v) is 11.3. The van der Waals surface area contributed by atoms with E-state index in [1.165, 1.54) is 5.56 Å². The van der Waals surface area contributed by atoms with Gasteiger partial charge in [-0.1, -0.05) is 6.07 Å². The largest absolute Gasteiger partial charge is 0.498 e. The monoisotopic (exact) mass is 269 g/mol. The molecule has 2 aliphatic heterocycles. The highest BCUT2D eigenvalue weighted by atomic mass is 35.5. The van der Waals surface area contributed by atoms with E-state index < -0.39 is 0 Å². The fraction of sp³-hybridized carbons (Fsp3) is 0.500. The van der Waals surface area contributed by atoms with Crippen LogP contribution in [0.5, 0.6) is 5.75 Å². The number of hydrogen-bond donors (Lipinski definition) is 1. The Bertz CT molecular complexity index is 457. The topological polar surface area (TPSA) is 53.7 Å². The Morgan fingerprint density at radius 1 is 1.39 bits per heavy atom. The minimum Gasteiger partial charge on any atom is -0.491 e. The van der Waals surface area contributed by atoms with E-state index in [2.05, 4.69) is 13.0 Å². The molecule has 2 atom stereocenters. The minimum atomic E-state index is -0.328. The molecular weight excluding hydrogens is 252 g/mol. The first-order valence-electron chi connectivity index (χ1n) is 5.98. The van der Waals surface area contributed by atoms with Gasteiger partial charge in [0.25, 0.3) is 0 Å². The van der Waals surface area contributed by atoms with Crippen LogP contribution in [0.4, 0.5) is 0 Å². The molecule has 2 N–H and O–H groups in total. The lowest BCUT2D eigenvalue weighted by Gasteiger charge is -2.16. The Morgan fingerprint density at radius 2 is 2.17 bits per heavy atom. The first-order valence-corrected chi connectivity index (χ1v) is 5.98. The summed E-state index contributed by atoms with van der Waals surface area (Å²) < 4.78 is 17.4. The van der Waals surface area contributed by atoms with Crippen molar-refractivity contribution < 1.29 is 14.0 Å². The number of nitrogens with two attached hydrogens (primary N) is 1. The fourth-order valence-electron chi connectivity index (χ4n) is 2.54. The standard InChI is InChI=1S/C12H16BNO3.ClH/c1-7-3-4-9-12-11(7)10(5-14)17-13(12)16-8(2)6-15-9;/h3-4,8,10H,5-6,14H2,1-2H3;1H. The van der Waals surface area contributed by atoms with E-state index in [9.17, 15) is 0 Å². The fourth-order valence-corrected chi connectivity index (χ4v) is 2.54. The summed E-state index contributed by atoms with van der Waals surface area (Å²) in [5.74, 6) is 0.871. The van der Waals surface area contributed by atoms with Crippen LogP contribution in [-0.4, -0.2) is 26.4 Å². The van der Waals surface area contributed by atoms with E-state index in [0.717, 1.165) is 16.8 Å². The third-order valence-corrected chi connectivity index (χ3v) is 3.35. The predicted octanol–water partition coefficient (Wildman–Crippen LogP) is 0.940. The zero-order chi connectivity index (χ0) is 12.0. The van der Waals surface area contributed by atoms with Gasteiger partial charge in [-0.25, -0.2) is 0 Å². The van der Waals surface area contributed by atoms with Crippen LogP contribution in [-0.2, 0) is 9.31 Å². The Balaban J connectivity index is 0.00000120. The van der Waals surface area contributed by atoms with E-state index in [4.69, 9.17) is 19.8 Å². The van der Waals surface area contributed by atoms with E-state index in [-0.39, 0.29) is 31.7 Å². The molecule has 0 spiro atoms. The summed E-state index contributed by atoms with van der Waals surface area (Å²) in [6, 6.07) is 4.05. The molecule has 0 amide bonds. The van der Waals surface area contributed by atoms with Crippen molar-refractivity contribution in [3.63, 3.8) is 0 Å². The van der Waals surface area contributed by atoms with Crippen molar-refractivity contribution in [2.75, 3.05) is 13.2 Å². The molecule has 2 heterocycles. The van der Waals surface area contributed by atoms with Crippen LogP contribution in [0, 0.1) is 6.92 Å². The van der Waals surface area contributed by atoms with Gasteiger partial charge in [0, 0.05) is 12.0 Å². The number of ether oxygens (including phenoxy) is 1. The van der Waals surface area contributed by atoms with Crippen molar-refractivity contribution >= 4 is 25.0 Å². The van der Waals surface area contributed by atoms with Gasteiger partial charge < -0.3 is 19.8 Å². The molecule has 0 aliphatic carbocycles. The molecule has 0 saturated carbocycles. The zero-order valence-electron chi connectivity index (χ0n) is 10.5. The quantitative estimate of drug-likeness (QED) is 0.771. The molecule has 98 valence electrons. The Kier molecular flexibility index (Phi) is 3.87. The minimum absolute atomic E-state index is 0. The number of benzene rings is 1. The summed E-state index contributed by atoms with van der Waals surface area (Å²) in [7, 11) is -0.328. The maximum atomic E-state index is 5.87. The maximum Gasteiger partial charge on any atom is 0.498 e. The number of aryl methyl sites for hydroxylation is 1. The van der Waals surface area contributed by atoms with Gasteiger partial charge in [-0.3, -0.25) is 0 Å².